The molecule has 110 valence electrons. The number of amidine groups is 1. The maximum atomic E-state index is 12.9. The van der Waals surface area contributed by atoms with Crippen LogP contribution in [0.5, 0.6) is 0 Å². The van der Waals surface area contributed by atoms with Crippen LogP contribution in [0.4, 0.5) is 11.4 Å². The number of nitrogens with zero attached hydrogens (tertiary/aromatic N) is 2. The van der Waals surface area contributed by atoms with Crippen LogP contribution in [0.1, 0.15) is 5.56 Å². The molecule has 4 heteroatoms. The van der Waals surface area contributed by atoms with E-state index in [0.717, 1.165) is 11.4 Å². The fourth-order valence-corrected chi connectivity index (χ4v) is 3.65. The van der Waals surface area contributed by atoms with Crippen LogP contribution < -0.4 is 9.80 Å². The van der Waals surface area contributed by atoms with Crippen molar-refractivity contribution in [1.82, 2.24) is 0 Å². The molecule has 0 bridgehead atoms. The zero-order chi connectivity index (χ0) is 15.3. The summed E-state index contributed by atoms with van der Waals surface area (Å²) in [5, 5.41) is 8.53. The van der Waals surface area contributed by atoms with Crippen LogP contribution in [-0.4, -0.2) is 24.8 Å². The number of amides is 1. The zero-order valence-electron chi connectivity index (χ0n) is 12.4. The normalized spacial score (nSPS) is 23.5. The van der Waals surface area contributed by atoms with Crippen molar-refractivity contribution >= 4 is 23.1 Å². The molecule has 0 aliphatic carbocycles. The van der Waals surface area contributed by atoms with Crippen LogP contribution in [0.2, 0.25) is 0 Å². The Bertz CT molecular complexity index is 756. The Morgan fingerprint density at radius 2 is 1.73 bits per heavy atom. The van der Waals surface area contributed by atoms with Crippen molar-refractivity contribution < 1.29 is 4.79 Å². The third kappa shape index (κ3) is 1.70. The summed E-state index contributed by atoms with van der Waals surface area (Å²) < 4.78 is 0. The van der Waals surface area contributed by atoms with Gasteiger partial charge in [-0.15, -0.1) is 0 Å². The molecular formula is C18H17N3O. The Balaban J connectivity index is 1.78. The summed E-state index contributed by atoms with van der Waals surface area (Å²) >= 11 is 0. The monoisotopic (exact) mass is 291 g/mol. The Kier molecular flexibility index (Phi) is 2.79. The number of hydrogen-bond donors (Lipinski definition) is 1. The first kappa shape index (κ1) is 13.1. The number of nitrogens with one attached hydrogen (secondary N) is 1. The number of hydrogen-bond acceptors (Lipinski definition) is 3. The molecule has 2 aromatic carbocycles. The highest BCUT2D eigenvalue weighted by molar-refractivity contribution is 6.25. The van der Waals surface area contributed by atoms with E-state index < -0.39 is 0 Å². The van der Waals surface area contributed by atoms with E-state index in [-0.39, 0.29) is 17.9 Å². The summed E-state index contributed by atoms with van der Waals surface area (Å²) in [5.41, 5.74) is 3.09. The van der Waals surface area contributed by atoms with E-state index in [1.54, 1.807) is 4.90 Å². The first-order valence-corrected chi connectivity index (χ1v) is 7.46. The van der Waals surface area contributed by atoms with Crippen LogP contribution in [0.15, 0.2) is 54.6 Å². The van der Waals surface area contributed by atoms with Gasteiger partial charge < -0.3 is 4.90 Å². The predicted molar refractivity (Wildman–Crippen MR) is 87.5 cm³/mol. The van der Waals surface area contributed by atoms with Crippen LogP contribution >= 0.6 is 0 Å². The van der Waals surface area contributed by atoms with Gasteiger partial charge in [-0.05, 0) is 30.2 Å². The van der Waals surface area contributed by atoms with Crippen molar-refractivity contribution in [3.05, 3.63) is 60.2 Å². The number of anilines is 2. The van der Waals surface area contributed by atoms with Gasteiger partial charge in [0.15, 0.2) is 0 Å². The van der Waals surface area contributed by atoms with Gasteiger partial charge in [0.1, 0.15) is 5.84 Å². The van der Waals surface area contributed by atoms with E-state index in [1.165, 1.54) is 5.56 Å². The summed E-state index contributed by atoms with van der Waals surface area (Å²) in [4.78, 5) is 16.5. The molecule has 0 aromatic heterocycles. The standard InChI is InChI=1S/C18H17N3O/c1-20-15-10-6-5-7-12(15)11-14-16(20)17(19)21(18(14)22)13-8-3-2-4-9-13/h2-10,14,16,19H,11H2,1H3/t14-,16+/m0/s1. The van der Waals surface area contributed by atoms with Crippen LogP contribution in [-0.2, 0) is 11.2 Å². The minimum atomic E-state index is -0.178. The number of likely N-dealkylation sites (N-methyl/N-ethyl adjacent to an activating group) is 1. The van der Waals surface area contributed by atoms with E-state index in [9.17, 15) is 4.79 Å². The molecule has 2 aromatic rings. The fraction of sp³-hybridized carbons (Fsp3) is 0.222. The quantitative estimate of drug-likeness (QED) is 0.878. The Morgan fingerprint density at radius 3 is 2.50 bits per heavy atom. The van der Waals surface area contributed by atoms with Gasteiger partial charge in [0.2, 0.25) is 5.91 Å². The molecule has 2 heterocycles. The van der Waals surface area contributed by atoms with Crippen molar-refractivity contribution in [1.29, 1.82) is 5.41 Å². The maximum Gasteiger partial charge on any atom is 0.238 e. The predicted octanol–water partition coefficient (Wildman–Crippen LogP) is 2.69. The number of fused-ring (bicyclic) bond motifs is 2. The van der Waals surface area contributed by atoms with Crippen LogP contribution in [0, 0.1) is 11.3 Å². The number of para-hydroxylation sites is 2. The molecule has 4 nitrogen and oxygen atoms in total. The molecule has 2 aliphatic heterocycles. The third-order valence-electron chi connectivity index (χ3n) is 4.68. The molecule has 0 spiro atoms. The number of rotatable bonds is 1. The molecule has 0 radical (unpaired) electrons. The summed E-state index contributed by atoms with van der Waals surface area (Å²) in [6.45, 7) is 0. The highest BCUT2D eigenvalue weighted by atomic mass is 16.2. The van der Waals surface area contributed by atoms with Gasteiger partial charge in [-0.25, -0.2) is 0 Å². The van der Waals surface area contributed by atoms with Gasteiger partial charge in [-0.2, -0.15) is 0 Å². The van der Waals surface area contributed by atoms with E-state index in [1.807, 2.05) is 49.5 Å². The molecule has 1 fully saturated rings. The second-order valence-corrected chi connectivity index (χ2v) is 5.89. The Hall–Kier alpha value is -2.62. The minimum Gasteiger partial charge on any atom is -0.363 e. The lowest BCUT2D eigenvalue weighted by molar-refractivity contribution is -0.120. The summed E-state index contributed by atoms with van der Waals surface area (Å²) in [6.07, 6.45) is 0.704. The molecule has 0 saturated carbocycles. The summed E-state index contributed by atoms with van der Waals surface area (Å²) in [5.74, 6) is 0.230. The second kappa shape index (κ2) is 4.70. The molecule has 2 atom stereocenters. The highest BCUT2D eigenvalue weighted by Crippen LogP contribution is 2.39. The second-order valence-electron chi connectivity index (χ2n) is 5.89. The molecule has 1 N–H and O–H groups in total. The Morgan fingerprint density at radius 1 is 1.05 bits per heavy atom. The molecule has 1 saturated heterocycles. The maximum absolute atomic E-state index is 12.9. The largest absolute Gasteiger partial charge is 0.363 e. The van der Waals surface area contributed by atoms with E-state index in [0.29, 0.717) is 12.3 Å². The van der Waals surface area contributed by atoms with Gasteiger partial charge in [0.25, 0.3) is 0 Å². The average molecular weight is 291 g/mol. The topological polar surface area (TPSA) is 47.4 Å². The van der Waals surface area contributed by atoms with Gasteiger partial charge >= 0.3 is 0 Å². The van der Waals surface area contributed by atoms with Crippen molar-refractivity contribution in [3.63, 3.8) is 0 Å². The first-order chi connectivity index (χ1) is 10.7. The van der Waals surface area contributed by atoms with Gasteiger partial charge in [0.05, 0.1) is 17.6 Å². The SMILES string of the molecule is CN1c2ccccc2C[C@@H]2C(=O)N(c3ccccc3)C(=N)[C@@H]21. The number of carbonyl (C=O) groups excluding carboxylic acids is 1. The van der Waals surface area contributed by atoms with Crippen molar-refractivity contribution in [2.24, 2.45) is 5.92 Å². The lowest BCUT2D eigenvalue weighted by atomic mass is 9.87. The van der Waals surface area contributed by atoms with E-state index in [2.05, 4.69) is 17.0 Å². The van der Waals surface area contributed by atoms with Gasteiger partial charge in [-0.3, -0.25) is 15.1 Å². The first-order valence-electron chi connectivity index (χ1n) is 7.46. The highest BCUT2D eigenvalue weighted by Gasteiger charge is 2.50. The number of carbonyl (C=O) groups is 1. The molecule has 22 heavy (non-hydrogen) atoms. The van der Waals surface area contributed by atoms with Crippen molar-refractivity contribution in [3.8, 4) is 0 Å². The van der Waals surface area contributed by atoms with Crippen LogP contribution in [0.3, 0.4) is 0 Å². The third-order valence-corrected chi connectivity index (χ3v) is 4.68. The number of benzene rings is 2. The summed E-state index contributed by atoms with van der Waals surface area (Å²) in [7, 11) is 1.98. The fourth-order valence-electron chi connectivity index (χ4n) is 3.65. The lowest BCUT2D eigenvalue weighted by Crippen LogP contribution is -2.45. The van der Waals surface area contributed by atoms with E-state index >= 15 is 0 Å². The smallest absolute Gasteiger partial charge is 0.238 e. The molecule has 4 rings (SSSR count). The summed E-state index contributed by atoms with van der Waals surface area (Å²) in [6, 6.07) is 17.5. The molecule has 1 amide bonds. The zero-order valence-corrected chi connectivity index (χ0v) is 12.4. The molecular weight excluding hydrogens is 274 g/mol. The average Bonchev–Trinajstić information content (AvgIpc) is 2.80. The molecule has 0 unspecified atom stereocenters. The minimum absolute atomic E-state index is 0.0301. The van der Waals surface area contributed by atoms with Crippen molar-refractivity contribution in [2.45, 2.75) is 12.5 Å². The van der Waals surface area contributed by atoms with E-state index in [4.69, 9.17) is 5.41 Å². The lowest BCUT2D eigenvalue weighted by Gasteiger charge is -2.36. The van der Waals surface area contributed by atoms with Crippen molar-refractivity contribution in [2.75, 3.05) is 16.8 Å². The molecule has 2 aliphatic rings. The van der Waals surface area contributed by atoms with Gasteiger partial charge in [-0.1, -0.05) is 36.4 Å². The van der Waals surface area contributed by atoms with Crippen LogP contribution in [0.25, 0.3) is 0 Å². The van der Waals surface area contributed by atoms with Gasteiger partial charge in [0, 0.05) is 12.7 Å². The Labute approximate surface area is 129 Å².